The van der Waals surface area contributed by atoms with E-state index in [2.05, 4.69) is 4.98 Å². The number of carbonyl (C=O) groups is 3. The van der Waals surface area contributed by atoms with Gasteiger partial charge in [-0.1, -0.05) is 42.5 Å². The van der Waals surface area contributed by atoms with Crippen molar-refractivity contribution < 1.29 is 59.0 Å². The molecule has 2 saturated heterocycles. The predicted octanol–water partition coefficient (Wildman–Crippen LogP) is 8.78. The van der Waals surface area contributed by atoms with Crippen molar-refractivity contribution >= 4 is 17.8 Å². The van der Waals surface area contributed by atoms with Crippen molar-refractivity contribution in [1.82, 2.24) is 19.7 Å². The predicted molar refractivity (Wildman–Crippen MR) is 199 cm³/mol. The lowest BCUT2D eigenvalue weighted by Gasteiger charge is -2.52. The van der Waals surface area contributed by atoms with Gasteiger partial charge in [0.1, 0.15) is 5.41 Å². The van der Waals surface area contributed by atoms with Gasteiger partial charge in [0.15, 0.2) is 0 Å². The molecule has 1 spiro atoms. The SMILES string of the molecule is CC1CC=CC(C(=O)N2CC(CC(Cc3cccc(-c4ccc(C(F)(F)F)cc4)n3)C(=O)O)C3(C2)CN(C(=O)C2(C(F)(F)F)CC2)C3)=CN1Cc1ccc(C(F)(F)F)cc1. The van der Waals surface area contributed by atoms with E-state index in [9.17, 15) is 59.0 Å². The molecule has 4 heterocycles. The van der Waals surface area contributed by atoms with Gasteiger partial charge in [0, 0.05) is 68.1 Å². The number of carbonyl (C=O) groups excluding carboxylic acids is 2. The summed E-state index contributed by atoms with van der Waals surface area (Å²) in [6.07, 6.45) is -8.99. The largest absolute Gasteiger partial charge is 0.481 e. The number of carboxylic acids is 1. The Morgan fingerprint density at radius 2 is 1.43 bits per heavy atom. The van der Waals surface area contributed by atoms with Gasteiger partial charge in [-0.15, -0.1) is 0 Å². The van der Waals surface area contributed by atoms with E-state index < -0.39 is 70.1 Å². The molecule has 4 aliphatic rings. The smallest absolute Gasteiger partial charge is 0.416 e. The van der Waals surface area contributed by atoms with Crippen molar-refractivity contribution in [1.29, 1.82) is 0 Å². The maximum absolute atomic E-state index is 14.3. The highest BCUT2D eigenvalue weighted by molar-refractivity contribution is 5.96. The number of likely N-dealkylation sites (tertiary alicyclic amines) is 2. The Morgan fingerprint density at radius 1 is 0.833 bits per heavy atom. The number of hydrogen-bond acceptors (Lipinski definition) is 5. The Hall–Kier alpha value is -5.35. The standard InChI is InChI=1S/C43H41F9N4O4/c1-26-4-2-5-29(21-54(26)20-27-8-12-31(13-9-27)41(44,45)46)36(57)55-22-33(39(23-55)24-56(25-39)38(60)40(16-17-40)43(50,51)52)18-30(37(58)59)19-34-6-3-7-35(53-34)28-10-14-32(15-11-28)42(47,48)49/h2-3,5-15,21,26,30,33H,4,16-20,22-25H2,1H3,(H,58,59). The van der Waals surface area contributed by atoms with Crippen molar-refractivity contribution in [2.75, 3.05) is 26.2 Å². The molecule has 0 radical (unpaired) electrons. The monoisotopic (exact) mass is 848 g/mol. The van der Waals surface area contributed by atoms with Crippen molar-refractivity contribution in [3.63, 3.8) is 0 Å². The molecule has 1 aliphatic carbocycles. The second-order valence-corrected chi connectivity index (χ2v) is 16.5. The Balaban J connectivity index is 1.12. The number of benzene rings is 2. The number of alkyl halides is 9. The summed E-state index contributed by atoms with van der Waals surface area (Å²) in [6.45, 7) is 1.93. The van der Waals surface area contributed by atoms with Crippen LogP contribution in [0.5, 0.6) is 0 Å². The van der Waals surface area contributed by atoms with Gasteiger partial charge in [-0.25, -0.2) is 0 Å². The summed E-state index contributed by atoms with van der Waals surface area (Å²) in [7, 11) is 0. The summed E-state index contributed by atoms with van der Waals surface area (Å²) in [5, 5.41) is 10.4. The molecule has 17 heteroatoms. The molecule has 3 atom stereocenters. The second kappa shape index (κ2) is 15.6. The molecule has 3 aliphatic heterocycles. The maximum atomic E-state index is 14.3. The molecule has 3 unspecified atom stereocenters. The number of hydrogen-bond donors (Lipinski definition) is 1. The average molecular weight is 849 g/mol. The molecule has 0 bridgehead atoms. The molecule has 7 rings (SSSR count). The number of halogens is 9. The highest BCUT2D eigenvalue weighted by atomic mass is 19.4. The van der Waals surface area contributed by atoms with Gasteiger partial charge in [0.25, 0.3) is 5.91 Å². The molecular weight excluding hydrogens is 807 g/mol. The van der Waals surface area contributed by atoms with Crippen LogP contribution in [0.25, 0.3) is 11.3 Å². The molecule has 2 aromatic carbocycles. The van der Waals surface area contributed by atoms with Crippen molar-refractivity contribution in [3.8, 4) is 11.3 Å². The lowest BCUT2D eigenvalue weighted by atomic mass is 9.68. The van der Waals surface area contributed by atoms with Crippen LogP contribution in [0.15, 0.2) is 90.7 Å². The van der Waals surface area contributed by atoms with Crippen LogP contribution in [-0.2, 0) is 39.7 Å². The Kier molecular flexibility index (Phi) is 11.1. The van der Waals surface area contributed by atoms with Crippen LogP contribution < -0.4 is 0 Å². The van der Waals surface area contributed by atoms with Crippen LogP contribution in [0.3, 0.4) is 0 Å². The summed E-state index contributed by atoms with van der Waals surface area (Å²) >= 11 is 0. The van der Waals surface area contributed by atoms with E-state index in [0.717, 1.165) is 29.2 Å². The molecule has 1 aromatic heterocycles. The number of pyridine rings is 1. The lowest BCUT2D eigenvalue weighted by Crippen LogP contribution is -2.64. The van der Waals surface area contributed by atoms with Gasteiger partial charge in [0.2, 0.25) is 5.91 Å². The zero-order valence-corrected chi connectivity index (χ0v) is 32.2. The molecule has 1 N–H and O–H groups in total. The first-order chi connectivity index (χ1) is 28.1. The highest BCUT2D eigenvalue weighted by Crippen LogP contribution is 2.60. The number of nitrogens with zero attached hydrogens (tertiary/aromatic N) is 4. The van der Waals surface area contributed by atoms with Gasteiger partial charge in [0.05, 0.1) is 28.3 Å². The summed E-state index contributed by atoms with van der Waals surface area (Å²) in [5.74, 6) is -4.32. The van der Waals surface area contributed by atoms with Crippen molar-refractivity contribution in [2.24, 2.45) is 22.7 Å². The first kappa shape index (κ1) is 42.8. The number of rotatable bonds is 10. The van der Waals surface area contributed by atoms with E-state index in [-0.39, 0.29) is 70.0 Å². The summed E-state index contributed by atoms with van der Waals surface area (Å²) in [5.41, 5.74) is -3.15. The fraction of sp³-hybridized carbons (Fsp3) is 0.442. The van der Waals surface area contributed by atoms with Gasteiger partial charge in [-0.05, 0) is 80.5 Å². The highest BCUT2D eigenvalue weighted by Gasteiger charge is 2.71. The first-order valence-corrected chi connectivity index (χ1v) is 19.4. The number of amides is 2. The number of aliphatic carboxylic acids is 1. The van der Waals surface area contributed by atoms with E-state index in [0.29, 0.717) is 28.9 Å². The Bertz CT molecular complexity index is 2170. The Morgan fingerprint density at radius 3 is 2.00 bits per heavy atom. The van der Waals surface area contributed by atoms with Crippen LogP contribution in [0.4, 0.5) is 39.5 Å². The molecule has 8 nitrogen and oxygen atoms in total. The van der Waals surface area contributed by atoms with Crippen molar-refractivity contribution in [3.05, 3.63) is 113 Å². The molecule has 3 aromatic rings. The molecule has 3 fully saturated rings. The molecule has 1 saturated carbocycles. The minimum Gasteiger partial charge on any atom is -0.481 e. The zero-order chi connectivity index (χ0) is 43.4. The second-order valence-electron chi connectivity index (χ2n) is 16.5. The van der Waals surface area contributed by atoms with Crippen molar-refractivity contribution in [2.45, 2.75) is 70.1 Å². The molecular formula is C43H41F9N4O4. The minimum atomic E-state index is -4.73. The maximum Gasteiger partial charge on any atom is 0.416 e. The van der Waals surface area contributed by atoms with Crippen LogP contribution in [0.2, 0.25) is 0 Å². The van der Waals surface area contributed by atoms with E-state index in [4.69, 9.17) is 0 Å². The van der Waals surface area contributed by atoms with Crippen LogP contribution in [-0.4, -0.2) is 81.0 Å². The Labute approximate surface area is 339 Å². The number of aromatic nitrogens is 1. The third-order valence-electron chi connectivity index (χ3n) is 12.3. The molecule has 2 amide bonds. The summed E-state index contributed by atoms with van der Waals surface area (Å²) in [4.78, 5) is 49.4. The fourth-order valence-electron chi connectivity index (χ4n) is 8.62. The normalized spacial score (nSPS) is 21.6. The third kappa shape index (κ3) is 8.62. The van der Waals surface area contributed by atoms with Gasteiger partial charge < -0.3 is 19.8 Å². The summed E-state index contributed by atoms with van der Waals surface area (Å²) < 4.78 is 121. The van der Waals surface area contributed by atoms with Crippen LogP contribution in [0.1, 0.15) is 55.0 Å². The lowest BCUT2D eigenvalue weighted by molar-refractivity contribution is -0.205. The van der Waals surface area contributed by atoms with Gasteiger partial charge in [-0.2, -0.15) is 39.5 Å². The zero-order valence-electron chi connectivity index (χ0n) is 32.2. The van der Waals surface area contributed by atoms with E-state index in [1.165, 1.54) is 29.2 Å². The number of carboxylic acid groups (broad SMARTS) is 1. The fourth-order valence-corrected chi connectivity index (χ4v) is 8.62. The van der Waals surface area contributed by atoms with Gasteiger partial charge >= 0.3 is 24.5 Å². The van der Waals surface area contributed by atoms with E-state index in [1.807, 2.05) is 11.8 Å². The molecule has 60 heavy (non-hydrogen) atoms. The molecule has 320 valence electrons. The van der Waals surface area contributed by atoms with Crippen LogP contribution in [0, 0.1) is 22.7 Å². The average Bonchev–Trinajstić information content (AvgIpc) is 3.94. The van der Waals surface area contributed by atoms with Crippen LogP contribution >= 0.6 is 0 Å². The topological polar surface area (TPSA) is 94.0 Å². The summed E-state index contributed by atoms with van der Waals surface area (Å²) in [6, 6.07) is 13.7. The van der Waals surface area contributed by atoms with E-state index in [1.54, 1.807) is 36.6 Å². The quantitative estimate of drug-likeness (QED) is 0.205. The third-order valence-corrected chi connectivity index (χ3v) is 12.3. The van der Waals surface area contributed by atoms with E-state index >= 15 is 0 Å². The minimum absolute atomic E-state index is 0.0241. The van der Waals surface area contributed by atoms with Gasteiger partial charge in [-0.3, -0.25) is 19.4 Å². The first-order valence-electron chi connectivity index (χ1n) is 19.4.